The molecule has 28 heavy (non-hydrogen) atoms. The average molecular weight is 378 g/mol. The second-order valence-electron chi connectivity index (χ2n) is 7.23. The maximum Gasteiger partial charge on any atom is 0.278 e. The molecule has 2 amide bonds. The summed E-state index contributed by atoms with van der Waals surface area (Å²) in [5, 5.41) is 0. The molecule has 0 aliphatic carbocycles. The second-order valence-corrected chi connectivity index (χ2v) is 7.23. The number of rotatable bonds is 6. The first-order valence-electron chi connectivity index (χ1n) is 9.83. The number of nitrogens with zero attached hydrogens (tertiary/aromatic N) is 2. The van der Waals surface area contributed by atoms with Gasteiger partial charge in [0.25, 0.3) is 11.8 Å². The standard InChI is InChI=1S/C23H23FN2O2/c1-2-3-6-14-26-22(27)20(17-9-11-18(24)12-10-17)21(23(26)28)25-15-13-16-7-4-5-8-19(16)25/h4-5,7-12H,2-3,6,13-15H2,1H3. The number of hydrogen-bond acceptors (Lipinski definition) is 3. The minimum atomic E-state index is -0.367. The molecule has 0 N–H and O–H groups in total. The fourth-order valence-electron chi connectivity index (χ4n) is 3.98. The number of unbranched alkanes of at least 4 members (excludes halogenated alkanes) is 2. The number of fused-ring (bicyclic) bond motifs is 1. The number of anilines is 1. The Hall–Kier alpha value is -2.95. The summed E-state index contributed by atoms with van der Waals surface area (Å²) >= 11 is 0. The van der Waals surface area contributed by atoms with Crippen LogP contribution in [0.15, 0.2) is 54.2 Å². The lowest BCUT2D eigenvalue weighted by Crippen LogP contribution is -2.35. The Labute approximate surface area is 164 Å². The van der Waals surface area contributed by atoms with Crippen molar-refractivity contribution in [3.8, 4) is 0 Å². The zero-order valence-electron chi connectivity index (χ0n) is 16.0. The summed E-state index contributed by atoms with van der Waals surface area (Å²) < 4.78 is 13.4. The number of hydrogen-bond donors (Lipinski definition) is 0. The molecule has 144 valence electrons. The van der Waals surface area contributed by atoms with Crippen molar-refractivity contribution in [1.82, 2.24) is 4.90 Å². The van der Waals surface area contributed by atoms with E-state index >= 15 is 0 Å². The highest BCUT2D eigenvalue weighted by molar-refractivity contribution is 6.36. The van der Waals surface area contributed by atoms with Crippen LogP contribution < -0.4 is 4.90 Å². The Kier molecular flexibility index (Phi) is 4.99. The molecule has 5 heteroatoms. The predicted molar refractivity (Wildman–Crippen MR) is 107 cm³/mol. The zero-order valence-corrected chi connectivity index (χ0v) is 16.0. The highest BCUT2D eigenvalue weighted by Gasteiger charge is 2.42. The van der Waals surface area contributed by atoms with E-state index in [1.54, 1.807) is 12.1 Å². The summed E-state index contributed by atoms with van der Waals surface area (Å²) in [6.07, 6.45) is 3.59. The molecule has 0 fully saturated rings. The van der Waals surface area contributed by atoms with Gasteiger partial charge < -0.3 is 4.90 Å². The van der Waals surface area contributed by atoms with Crippen molar-refractivity contribution >= 4 is 23.1 Å². The lowest BCUT2D eigenvalue weighted by molar-refractivity contribution is -0.136. The van der Waals surface area contributed by atoms with Crippen molar-refractivity contribution in [3.63, 3.8) is 0 Å². The second kappa shape index (κ2) is 7.58. The lowest BCUT2D eigenvalue weighted by Gasteiger charge is -2.21. The number of amides is 2. The van der Waals surface area contributed by atoms with Crippen LogP contribution in [0.25, 0.3) is 5.57 Å². The third-order valence-electron chi connectivity index (χ3n) is 5.42. The molecule has 0 spiro atoms. The van der Waals surface area contributed by atoms with Gasteiger partial charge in [0.15, 0.2) is 0 Å². The molecule has 0 saturated carbocycles. The molecule has 0 unspecified atom stereocenters. The van der Waals surface area contributed by atoms with E-state index in [0.29, 0.717) is 29.9 Å². The van der Waals surface area contributed by atoms with Crippen molar-refractivity contribution < 1.29 is 14.0 Å². The summed E-state index contributed by atoms with van der Waals surface area (Å²) in [5.74, 6) is -0.904. The quantitative estimate of drug-likeness (QED) is 0.560. The Bertz CT molecular complexity index is 949. The van der Waals surface area contributed by atoms with Crippen LogP contribution in [-0.2, 0) is 16.0 Å². The zero-order chi connectivity index (χ0) is 19.7. The van der Waals surface area contributed by atoms with Crippen molar-refractivity contribution in [1.29, 1.82) is 0 Å². The van der Waals surface area contributed by atoms with Gasteiger partial charge in [0, 0.05) is 18.8 Å². The molecule has 2 aromatic carbocycles. The summed E-state index contributed by atoms with van der Waals surface area (Å²) in [4.78, 5) is 29.8. The number of benzene rings is 2. The third-order valence-corrected chi connectivity index (χ3v) is 5.42. The maximum atomic E-state index is 13.4. The monoisotopic (exact) mass is 378 g/mol. The van der Waals surface area contributed by atoms with Gasteiger partial charge in [-0.25, -0.2) is 4.39 Å². The minimum Gasteiger partial charge on any atom is -0.336 e. The van der Waals surface area contributed by atoms with E-state index < -0.39 is 0 Å². The van der Waals surface area contributed by atoms with Gasteiger partial charge in [-0.15, -0.1) is 0 Å². The summed E-state index contributed by atoms with van der Waals surface area (Å²) in [7, 11) is 0. The van der Waals surface area contributed by atoms with Crippen LogP contribution in [0, 0.1) is 5.82 Å². The molecule has 0 bridgehead atoms. The molecular weight excluding hydrogens is 355 g/mol. The van der Waals surface area contributed by atoms with E-state index in [4.69, 9.17) is 0 Å². The average Bonchev–Trinajstić information content (AvgIpc) is 3.22. The number of carbonyl (C=O) groups excluding carboxylic acids is 2. The van der Waals surface area contributed by atoms with Gasteiger partial charge in [0.2, 0.25) is 0 Å². The number of carbonyl (C=O) groups is 2. The molecule has 0 aromatic heterocycles. The molecular formula is C23H23FN2O2. The molecule has 2 heterocycles. The van der Waals surface area contributed by atoms with Gasteiger partial charge in [0.1, 0.15) is 11.5 Å². The Balaban J connectivity index is 1.79. The molecule has 2 aliphatic rings. The molecule has 0 atom stereocenters. The van der Waals surface area contributed by atoms with E-state index in [0.717, 1.165) is 36.9 Å². The lowest BCUT2D eigenvalue weighted by atomic mass is 10.0. The van der Waals surface area contributed by atoms with E-state index in [-0.39, 0.29) is 17.6 Å². The van der Waals surface area contributed by atoms with Crippen molar-refractivity contribution in [2.24, 2.45) is 0 Å². The Morgan fingerprint density at radius 2 is 1.71 bits per heavy atom. The number of halogens is 1. The van der Waals surface area contributed by atoms with Crippen LogP contribution in [-0.4, -0.2) is 29.8 Å². The first-order chi connectivity index (χ1) is 13.6. The number of imide groups is 1. The smallest absolute Gasteiger partial charge is 0.278 e. The van der Waals surface area contributed by atoms with Gasteiger partial charge in [-0.3, -0.25) is 14.5 Å². The van der Waals surface area contributed by atoms with Crippen LogP contribution >= 0.6 is 0 Å². The normalized spacial score (nSPS) is 16.4. The molecule has 2 aliphatic heterocycles. The van der Waals surface area contributed by atoms with Gasteiger partial charge in [-0.1, -0.05) is 50.1 Å². The maximum absolute atomic E-state index is 13.4. The van der Waals surface area contributed by atoms with Crippen LogP contribution in [0.3, 0.4) is 0 Å². The Morgan fingerprint density at radius 1 is 0.964 bits per heavy atom. The van der Waals surface area contributed by atoms with Crippen molar-refractivity contribution in [2.75, 3.05) is 18.0 Å². The van der Waals surface area contributed by atoms with Gasteiger partial charge in [0.05, 0.1) is 5.57 Å². The number of para-hydroxylation sites is 1. The Morgan fingerprint density at radius 3 is 2.46 bits per heavy atom. The van der Waals surface area contributed by atoms with Crippen LogP contribution in [0.1, 0.15) is 37.3 Å². The van der Waals surface area contributed by atoms with E-state index in [2.05, 4.69) is 6.92 Å². The summed E-state index contributed by atoms with van der Waals surface area (Å²) in [5.41, 5.74) is 3.50. The fourth-order valence-corrected chi connectivity index (χ4v) is 3.98. The van der Waals surface area contributed by atoms with Crippen molar-refractivity contribution in [3.05, 3.63) is 71.2 Å². The van der Waals surface area contributed by atoms with Crippen LogP contribution in [0.5, 0.6) is 0 Å². The highest BCUT2D eigenvalue weighted by Crippen LogP contribution is 2.38. The molecule has 0 saturated heterocycles. The summed E-state index contributed by atoms with van der Waals surface area (Å²) in [6, 6.07) is 13.8. The SMILES string of the molecule is CCCCCN1C(=O)C(c2ccc(F)cc2)=C(N2CCc3ccccc32)C1=O. The third kappa shape index (κ3) is 3.11. The fraction of sp³-hybridized carbons (Fsp3) is 0.304. The largest absolute Gasteiger partial charge is 0.336 e. The molecule has 4 rings (SSSR count). The topological polar surface area (TPSA) is 40.6 Å². The molecule has 2 aromatic rings. The van der Waals surface area contributed by atoms with Crippen molar-refractivity contribution in [2.45, 2.75) is 32.6 Å². The van der Waals surface area contributed by atoms with Crippen LogP contribution in [0.4, 0.5) is 10.1 Å². The first kappa shape index (κ1) is 18.4. The van der Waals surface area contributed by atoms with Gasteiger partial charge >= 0.3 is 0 Å². The first-order valence-corrected chi connectivity index (χ1v) is 9.83. The summed E-state index contributed by atoms with van der Waals surface area (Å²) in [6.45, 7) is 3.15. The minimum absolute atomic E-state index is 0.253. The van der Waals surface area contributed by atoms with Crippen LogP contribution in [0.2, 0.25) is 0 Å². The molecule has 4 nitrogen and oxygen atoms in total. The van der Waals surface area contributed by atoms with Gasteiger partial charge in [-0.2, -0.15) is 0 Å². The predicted octanol–water partition coefficient (Wildman–Crippen LogP) is 4.16. The van der Waals surface area contributed by atoms with Gasteiger partial charge in [-0.05, 0) is 42.2 Å². The highest BCUT2D eigenvalue weighted by atomic mass is 19.1. The van der Waals surface area contributed by atoms with E-state index in [1.165, 1.54) is 17.0 Å². The molecule has 0 radical (unpaired) electrons. The van der Waals surface area contributed by atoms with E-state index in [1.807, 2.05) is 29.2 Å². The van der Waals surface area contributed by atoms with E-state index in [9.17, 15) is 14.0 Å².